The van der Waals surface area contributed by atoms with Gasteiger partial charge in [-0.2, -0.15) is 4.72 Å². The summed E-state index contributed by atoms with van der Waals surface area (Å²) in [6.07, 6.45) is 1.73. The van der Waals surface area contributed by atoms with E-state index in [1.54, 1.807) is 24.7 Å². The molecule has 0 aromatic carbocycles. The molecule has 0 saturated heterocycles. The number of aromatic nitrogens is 3. The van der Waals surface area contributed by atoms with Crippen LogP contribution in [-0.2, 0) is 15.6 Å². The molecule has 0 aliphatic rings. The molecule has 0 bridgehead atoms. The van der Waals surface area contributed by atoms with Gasteiger partial charge in [0.15, 0.2) is 0 Å². The maximum Gasteiger partial charge on any atom is 0.233 e. The molecule has 0 spiro atoms. The van der Waals surface area contributed by atoms with Crippen LogP contribution in [0, 0.1) is 0 Å². The minimum atomic E-state index is -3.50. The van der Waals surface area contributed by atoms with Crippen LogP contribution < -0.4 is 4.72 Å². The number of sulfonamides is 1. The molecule has 1 aromatic rings. The van der Waals surface area contributed by atoms with Crippen molar-refractivity contribution in [2.45, 2.75) is 39.3 Å². The Bertz CT molecular complexity index is 502. The van der Waals surface area contributed by atoms with Crippen molar-refractivity contribution < 1.29 is 8.42 Å². The normalized spacial score (nSPS) is 13.0. The molecule has 0 saturated carbocycles. The van der Waals surface area contributed by atoms with Crippen molar-refractivity contribution in [3.8, 4) is 0 Å². The monoisotopic (exact) mass is 258 g/mol. The fourth-order valence-electron chi connectivity index (χ4n) is 1.27. The molecule has 0 amide bonds. The van der Waals surface area contributed by atoms with Gasteiger partial charge < -0.3 is 0 Å². The van der Waals surface area contributed by atoms with Crippen LogP contribution >= 0.6 is 0 Å². The van der Waals surface area contributed by atoms with Gasteiger partial charge in [0, 0.05) is 11.4 Å². The number of nitrogens with zero attached hydrogens (tertiary/aromatic N) is 3. The summed E-state index contributed by atoms with van der Waals surface area (Å²) in [4.78, 5) is 0. The Balaban J connectivity index is 3.00. The first-order valence-corrected chi connectivity index (χ1v) is 6.81. The van der Waals surface area contributed by atoms with Crippen LogP contribution in [0.3, 0.4) is 0 Å². The molecule has 1 rings (SSSR count). The second kappa shape index (κ2) is 4.58. The highest BCUT2D eigenvalue weighted by molar-refractivity contribution is 7.92. The largest absolute Gasteiger partial charge is 0.250 e. The lowest BCUT2D eigenvalue weighted by Crippen LogP contribution is -2.40. The smallest absolute Gasteiger partial charge is 0.233 e. The van der Waals surface area contributed by atoms with Crippen molar-refractivity contribution in [1.82, 2.24) is 19.7 Å². The molecule has 0 unspecified atom stereocenters. The molecule has 6 nitrogen and oxygen atoms in total. The van der Waals surface area contributed by atoms with Crippen LogP contribution in [-0.4, -0.2) is 23.4 Å². The average molecular weight is 258 g/mol. The molecule has 0 atom stereocenters. The molecule has 17 heavy (non-hydrogen) atoms. The predicted molar refractivity (Wildman–Crippen MR) is 65.7 cm³/mol. The van der Waals surface area contributed by atoms with E-state index in [1.807, 2.05) is 13.8 Å². The summed E-state index contributed by atoms with van der Waals surface area (Å²) in [6, 6.07) is 0.183. The Labute approximate surface area is 102 Å². The zero-order valence-electron chi connectivity index (χ0n) is 10.5. The van der Waals surface area contributed by atoms with Crippen LogP contribution in [0.1, 0.15) is 39.4 Å². The van der Waals surface area contributed by atoms with Gasteiger partial charge in [0.25, 0.3) is 0 Å². The van der Waals surface area contributed by atoms with Gasteiger partial charge in [0.2, 0.25) is 10.0 Å². The van der Waals surface area contributed by atoms with Crippen molar-refractivity contribution in [2.75, 3.05) is 0 Å². The highest BCUT2D eigenvalue weighted by atomic mass is 32.2. The number of hydrogen-bond acceptors (Lipinski definition) is 4. The fourth-order valence-corrected chi connectivity index (χ4v) is 2.16. The molecule has 1 heterocycles. The van der Waals surface area contributed by atoms with Gasteiger partial charge in [0.1, 0.15) is 5.69 Å². The molecule has 1 aromatic heterocycles. The molecule has 0 aliphatic heterocycles. The van der Waals surface area contributed by atoms with Gasteiger partial charge in [-0.25, -0.2) is 13.1 Å². The van der Waals surface area contributed by atoms with E-state index in [2.05, 4.69) is 21.6 Å². The fraction of sp³-hybridized carbons (Fsp3) is 0.600. The zero-order chi connectivity index (χ0) is 13.3. The van der Waals surface area contributed by atoms with Crippen LogP contribution in [0.15, 0.2) is 18.2 Å². The number of nitrogens with one attached hydrogen (secondary N) is 1. The van der Waals surface area contributed by atoms with Crippen LogP contribution in [0.5, 0.6) is 0 Å². The Hall–Kier alpha value is -1.21. The van der Waals surface area contributed by atoms with Crippen LogP contribution in [0.2, 0.25) is 0 Å². The molecule has 0 fully saturated rings. The second-order valence-electron chi connectivity index (χ2n) is 4.62. The SMILES string of the molecule is C=CS(=O)(=O)NC(C)(C)c1cn(C(C)C)nn1. The lowest BCUT2D eigenvalue weighted by Gasteiger charge is -2.22. The zero-order valence-corrected chi connectivity index (χ0v) is 11.3. The highest BCUT2D eigenvalue weighted by Gasteiger charge is 2.28. The molecule has 96 valence electrons. The minimum Gasteiger partial charge on any atom is -0.250 e. The summed E-state index contributed by atoms with van der Waals surface area (Å²) in [5, 5.41) is 8.80. The maximum atomic E-state index is 11.4. The summed E-state index contributed by atoms with van der Waals surface area (Å²) in [5.41, 5.74) is -0.253. The number of rotatable bonds is 5. The van der Waals surface area contributed by atoms with Crippen LogP contribution in [0.4, 0.5) is 0 Å². The molecule has 0 radical (unpaired) electrons. The van der Waals surface area contributed by atoms with Crippen molar-refractivity contribution in [3.05, 3.63) is 23.9 Å². The summed E-state index contributed by atoms with van der Waals surface area (Å²) in [7, 11) is -3.50. The van der Waals surface area contributed by atoms with Gasteiger partial charge in [-0.15, -0.1) is 5.10 Å². The Morgan fingerprint density at radius 3 is 2.53 bits per heavy atom. The third-order valence-electron chi connectivity index (χ3n) is 2.30. The van der Waals surface area contributed by atoms with E-state index >= 15 is 0 Å². The van der Waals surface area contributed by atoms with E-state index in [1.165, 1.54) is 0 Å². The minimum absolute atomic E-state index is 0.183. The Kier molecular flexibility index (Phi) is 3.73. The van der Waals surface area contributed by atoms with Crippen LogP contribution in [0.25, 0.3) is 0 Å². The van der Waals surface area contributed by atoms with Gasteiger partial charge in [0.05, 0.1) is 11.7 Å². The lowest BCUT2D eigenvalue weighted by molar-refractivity contribution is 0.463. The molecule has 7 heteroatoms. The Morgan fingerprint density at radius 2 is 2.12 bits per heavy atom. The first-order valence-electron chi connectivity index (χ1n) is 5.26. The lowest BCUT2D eigenvalue weighted by atomic mass is 10.0. The van der Waals surface area contributed by atoms with Crippen molar-refractivity contribution >= 4 is 10.0 Å². The van der Waals surface area contributed by atoms with E-state index < -0.39 is 15.6 Å². The van der Waals surface area contributed by atoms with E-state index in [4.69, 9.17) is 0 Å². The summed E-state index contributed by atoms with van der Waals surface area (Å²) in [6.45, 7) is 10.6. The molecule has 0 aliphatic carbocycles. The summed E-state index contributed by atoms with van der Waals surface area (Å²) < 4.78 is 27.1. The van der Waals surface area contributed by atoms with Crippen molar-refractivity contribution in [2.24, 2.45) is 0 Å². The van der Waals surface area contributed by atoms with Gasteiger partial charge in [-0.1, -0.05) is 11.8 Å². The predicted octanol–water partition coefficient (Wildman–Crippen LogP) is 1.16. The highest BCUT2D eigenvalue weighted by Crippen LogP contribution is 2.19. The van der Waals surface area contributed by atoms with Gasteiger partial charge in [-0.05, 0) is 27.7 Å². The molecular weight excluding hydrogens is 240 g/mol. The van der Waals surface area contributed by atoms with E-state index in [0.717, 1.165) is 5.41 Å². The third kappa shape index (κ3) is 3.37. The topological polar surface area (TPSA) is 76.9 Å². The van der Waals surface area contributed by atoms with Crippen molar-refractivity contribution in [3.63, 3.8) is 0 Å². The summed E-state index contributed by atoms with van der Waals surface area (Å²) in [5.74, 6) is 0. The average Bonchev–Trinajstić information content (AvgIpc) is 2.65. The molecular formula is C10H18N4O2S. The van der Waals surface area contributed by atoms with Gasteiger partial charge >= 0.3 is 0 Å². The Morgan fingerprint density at radius 1 is 1.53 bits per heavy atom. The van der Waals surface area contributed by atoms with Crippen molar-refractivity contribution in [1.29, 1.82) is 0 Å². The second-order valence-corrected chi connectivity index (χ2v) is 6.24. The molecule has 1 N–H and O–H groups in total. The standard InChI is InChI=1S/C10H18N4O2S/c1-6-17(15,16)12-10(4,5)9-7-14(8(2)3)13-11-9/h6-8,12H,1H2,2-5H3. The van der Waals surface area contributed by atoms with Gasteiger partial charge in [-0.3, -0.25) is 0 Å². The van der Waals surface area contributed by atoms with E-state index in [0.29, 0.717) is 5.69 Å². The quantitative estimate of drug-likeness (QED) is 0.859. The van der Waals surface area contributed by atoms with E-state index in [-0.39, 0.29) is 6.04 Å². The number of hydrogen-bond donors (Lipinski definition) is 1. The van der Waals surface area contributed by atoms with E-state index in [9.17, 15) is 8.42 Å². The summed E-state index contributed by atoms with van der Waals surface area (Å²) >= 11 is 0. The first kappa shape index (κ1) is 13.9. The third-order valence-corrected chi connectivity index (χ3v) is 3.53. The first-order chi connectivity index (χ1) is 7.68. The maximum absolute atomic E-state index is 11.4.